The highest BCUT2D eigenvalue weighted by Gasteiger charge is 2.13. The Balaban J connectivity index is 1.57. The lowest BCUT2D eigenvalue weighted by molar-refractivity contribution is 0.102. The Morgan fingerprint density at radius 1 is 1.06 bits per heavy atom. The van der Waals surface area contributed by atoms with Crippen molar-refractivity contribution in [1.82, 2.24) is 15.0 Å². The first kappa shape index (κ1) is 20.5. The Morgan fingerprint density at radius 2 is 1.77 bits per heavy atom. The molecule has 3 aromatic carbocycles. The Hall–Kier alpha value is -3.74. The standard InChI is InChI=1S/C24H23FN4O2/c1-15(2)14-31-20-6-4-5-17(12-20)24(30)26-21-13-23-22(11-16(21)3)27-29(28-23)19-9-7-18(25)8-10-19/h4-13,15H,14H2,1-3H3,(H,26,30). The van der Waals surface area contributed by atoms with Gasteiger partial charge in [-0.3, -0.25) is 4.79 Å². The number of amides is 1. The lowest BCUT2D eigenvalue weighted by Crippen LogP contribution is -2.13. The van der Waals surface area contributed by atoms with Gasteiger partial charge in [0.2, 0.25) is 0 Å². The number of carbonyl (C=O) groups is 1. The van der Waals surface area contributed by atoms with Gasteiger partial charge in [-0.05, 0) is 73.0 Å². The molecule has 0 aliphatic heterocycles. The van der Waals surface area contributed by atoms with E-state index in [4.69, 9.17) is 4.74 Å². The first-order valence-corrected chi connectivity index (χ1v) is 10.1. The minimum Gasteiger partial charge on any atom is -0.493 e. The summed E-state index contributed by atoms with van der Waals surface area (Å²) in [4.78, 5) is 14.3. The normalized spacial score (nSPS) is 11.1. The van der Waals surface area contributed by atoms with E-state index in [1.165, 1.54) is 16.9 Å². The monoisotopic (exact) mass is 418 g/mol. The number of halogens is 1. The van der Waals surface area contributed by atoms with Crippen LogP contribution in [-0.2, 0) is 0 Å². The fourth-order valence-electron chi connectivity index (χ4n) is 3.08. The molecule has 1 heterocycles. The maximum atomic E-state index is 13.2. The lowest BCUT2D eigenvalue weighted by atomic mass is 10.1. The molecular formula is C24H23FN4O2. The number of ether oxygens (including phenoxy) is 1. The van der Waals surface area contributed by atoms with Crippen LogP contribution in [0.1, 0.15) is 29.8 Å². The molecule has 0 bridgehead atoms. The van der Waals surface area contributed by atoms with E-state index in [1.807, 2.05) is 19.1 Å². The third-order valence-electron chi connectivity index (χ3n) is 4.71. The van der Waals surface area contributed by atoms with Gasteiger partial charge in [0.25, 0.3) is 5.91 Å². The minimum atomic E-state index is -0.319. The van der Waals surface area contributed by atoms with Gasteiger partial charge in [-0.2, -0.15) is 4.80 Å². The van der Waals surface area contributed by atoms with Crippen molar-refractivity contribution in [3.63, 3.8) is 0 Å². The zero-order valence-electron chi connectivity index (χ0n) is 17.6. The summed E-state index contributed by atoms with van der Waals surface area (Å²) in [5, 5.41) is 11.9. The van der Waals surface area contributed by atoms with Crippen LogP contribution < -0.4 is 10.1 Å². The van der Waals surface area contributed by atoms with Crippen molar-refractivity contribution < 1.29 is 13.9 Å². The largest absolute Gasteiger partial charge is 0.493 e. The number of aryl methyl sites for hydroxylation is 1. The average molecular weight is 418 g/mol. The molecule has 0 spiro atoms. The van der Waals surface area contributed by atoms with Crippen LogP contribution in [0, 0.1) is 18.7 Å². The molecule has 0 fully saturated rings. The van der Waals surface area contributed by atoms with E-state index in [0.29, 0.717) is 46.2 Å². The van der Waals surface area contributed by atoms with Crippen molar-refractivity contribution in [2.75, 3.05) is 11.9 Å². The van der Waals surface area contributed by atoms with E-state index in [2.05, 4.69) is 29.4 Å². The number of anilines is 1. The first-order valence-electron chi connectivity index (χ1n) is 10.1. The molecule has 0 unspecified atom stereocenters. The van der Waals surface area contributed by atoms with Crippen LogP contribution in [0.5, 0.6) is 5.75 Å². The SMILES string of the molecule is Cc1cc2nn(-c3ccc(F)cc3)nc2cc1NC(=O)c1cccc(OCC(C)C)c1. The van der Waals surface area contributed by atoms with Crippen LogP contribution in [0.25, 0.3) is 16.7 Å². The maximum absolute atomic E-state index is 13.2. The zero-order chi connectivity index (χ0) is 22.0. The molecule has 0 saturated carbocycles. The molecule has 1 amide bonds. The Kier molecular flexibility index (Phi) is 5.66. The second-order valence-electron chi connectivity index (χ2n) is 7.81. The second-order valence-corrected chi connectivity index (χ2v) is 7.81. The van der Waals surface area contributed by atoms with E-state index in [0.717, 1.165) is 5.56 Å². The molecular weight excluding hydrogens is 395 g/mol. The summed E-state index contributed by atoms with van der Waals surface area (Å²) in [6.07, 6.45) is 0. The number of hydrogen-bond acceptors (Lipinski definition) is 4. The molecule has 31 heavy (non-hydrogen) atoms. The molecule has 6 nitrogen and oxygen atoms in total. The van der Waals surface area contributed by atoms with Gasteiger partial charge < -0.3 is 10.1 Å². The van der Waals surface area contributed by atoms with Crippen molar-refractivity contribution in [2.45, 2.75) is 20.8 Å². The minimum absolute atomic E-state index is 0.233. The number of aromatic nitrogens is 3. The first-order chi connectivity index (χ1) is 14.9. The molecule has 158 valence electrons. The quantitative estimate of drug-likeness (QED) is 0.470. The molecule has 0 radical (unpaired) electrons. The number of carbonyl (C=O) groups excluding carboxylic acids is 1. The smallest absolute Gasteiger partial charge is 0.255 e. The highest BCUT2D eigenvalue weighted by atomic mass is 19.1. The maximum Gasteiger partial charge on any atom is 0.255 e. The number of nitrogens with one attached hydrogen (secondary N) is 1. The molecule has 4 aromatic rings. The second kappa shape index (κ2) is 8.55. The number of benzene rings is 3. The van der Waals surface area contributed by atoms with E-state index >= 15 is 0 Å². The number of hydrogen-bond donors (Lipinski definition) is 1. The van der Waals surface area contributed by atoms with Crippen molar-refractivity contribution in [1.29, 1.82) is 0 Å². The predicted molar refractivity (Wildman–Crippen MR) is 118 cm³/mol. The summed E-state index contributed by atoms with van der Waals surface area (Å²) in [7, 11) is 0. The molecule has 0 atom stereocenters. The van der Waals surface area contributed by atoms with E-state index in [1.54, 1.807) is 36.4 Å². The predicted octanol–water partition coefficient (Wildman–Crippen LogP) is 5.16. The Bertz CT molecular complexity index is 1230. The van der Waals surface area contributed by atoms with E-state index in [9.17, 15) is 9.18 Å². The van der Waals surface area contributed by atoms with Crippen LogP contribution >= 0.6 is 0 Å². The van der Waals surface area contributed by atoms with Gasteiger partial charge in [0, 0.05) is 11.3 Å². The molecule has 0 aliphatic carbocycles. The Labute approximate surface area is 179 Å². The number of rotatable bonds is 6. The molecule has 7 heteroatoms. The van der Waals surface area contributed by atoms with Crippen LogP contribution in [-0.4, -0.2) is 27.5 Å². The highest BCUT2D eigenvalue weighted by Crippen LogP contribution is 2.23. The van der Waals surface area contributed by atoms with Gasteiger partial charge in [0.05, 0.1) is 12.3 Å². The Morgan fingerprint density at radius 3 is 2.48 bits per heavy atom. The van der Waals surface area contributed by atoms with Crippen molar-refractivity contribution >= 4 is 22.6 Å². The van der Waals surface area contributed by atoms with Gasteiger partial charge >= 0.3 is 0 Å². The van der Waals surface area contributed by atoms with Crippen LogP contribution in [0.2, 0.25) is 0 Å². The summed E-state index contributed by atoms with van der Waals surface area (Å²) in [5.41, 5.74) is 3.98. The third-order valence-corrected chi connectivity index (χ3v) is 4.71. The van der Waals surface area contributed by atoms with Crippen LogP contribution in [0.4, 0.5) is 10.1 Å². The topological polar surface area (TPSA) is 69.0 Å². The number of fused-ring (bicyclic) bond motifs is 1. The summed E-state index contributed by atoms with van der Waals surface area (Å²) < 4.78 is 18.9. The van der Waals surface area contributed by atoms with E-state index < -0.39 is 0 Å². The van der Waals surface area contributed by atoms with Gasteiger partial charge in [-0.25, -0.2) is 4.39 Å². The van der Waals surface area contributed by atoms with Crippen molar-refractivity contribution in [2.24, 2.45) is 5.92 Å². The summed E-state index contributed by atoms with van der Waals surface area (Å²) in [6, 6.07) is 16.7. The van der Waals surface area contributed by atoms with E-state index in [-0.39, 0.29) is 11.7 Å². The van der Waals surface area contributed by atoms with Gasteiger partial charge in [-0.1, -0.05) is 19.9 Å². The fourth-order valence-corrected chi connectivity index (χ4v) is 3.08. The van der Waals surface area contributed by atoms with Gasteiger partial charge in [0.15, 0.2) is 0 Å². The fraction of sp³-hybridized carbons (Fsp3) is 0.208. The average Bonchev–Trinajstić information content (AvgIpc) is 3.15. The molecule has 1 aromatic heterocycles. The van der Waals surface area contributed by atoms with Crippen LogP contribution in [0.3, 0.4) is 0 Å². The highest BCUT2D eigenvalue weighted by molar-refractivity contribution is 6.05. The molecule has 4 rings (SSSR count). The summed E-state index contributed by atoms with van der Waals surface area (Å²) in [6.45, 7) is 6.63. The lowest BCUT2D eigenvalue weighted by Gasteiger charge is -2.11. The number of nitrogens with zero attached hydrogens (tertiary/aromatic N) is 3. The molecule has 0 saturated heterocycles. The molecule has 1 N–H and O–H groups in total. The van der Waals surface area contributed by atoms with Crippen molar-refractivity contribution in [3.05, 3.63) is 77.6 Å². The van der Waals surface area contributed by atoms with Crippen molar-refractivity contribution in [3.8, 4) is 11.4 Å². The van der Waals surface area contributed by atoms with Gasteiger partial charge in [0.1, 0.15) is 22.6 Å². The zero-order valence-corrected chi connectivity index (χ0v) is 17.6. The van der Waals surface area contributed by atoms with Crippen LogP contribution in [0.15, 0.2) is 60.7 Å². The van der Waals surface area contributed by atoms with Gasteiger partial charge in [-0.15, -0.1) is 10.2 Å². The third kappa shape index (κ3) is 4.71. The summed E-state index contributed by atoms with van der Waals surface area (Å²) in [5.74, 6) is 0.509. The summed E-state index contributed by atoms with van der Waals surface area (Å²) >= 11 is 0. The molecule has 0 aliphatic rings.